The molecular weight excluding hydrogens is 533 g/mol. The molecule has 0 bridgehead atoms. The minimum atomic E-state index is -3.47. The van der Waals surface area contributed by atoms with Crippen LogP contribution in [0.15, 0.2) is 47.5 Å². The Kier molecular flexibility index (Phi) is 8.20. The van der Waals surface area contributed by atoms with Crippen LogP contribution in [0.2, 0.25) is 0 Å². The molecule has 0 aliphatic heterocycles. The van der Waals surface area contributed by atoms with Crippen molar-refractivity contribution in [3.8, 4) is 0 Å². The number of hydrogen-bond donors (Lipinski definition) is 2. The largest absolute Gasteiger partial charge is 0.326 e. The van der Waals surface area contributed by atoms with Crippen LogP contribution < -0.4 is 10.6 Å². The number of sulfone groups is 1. The van der Waals surface area contributed by atoms with Crippen molar-refractivity contribution in [3.05, 3.63) is 82.9 Å². The van der Waals surface area contributed by atoms with Gasteiger partial charge in [-0.25, -0.2) is 30.4 Å². The minimum absolute atomic E-state index is 0.0135. The van der Waals surface area contributed by atoms with Crippen molar-refractivity contribution in [1.29, 1.82) is 0 Å². The number of carbonyl (C=O) groups excluding carboxylic acids is 2. The summed E-state index contributed by atoms with van der Waals surface area (Å²) < 4.78 is 94.6. The number of nitrogens with one attached hydrogen (secondary N) is 2. The molecule has 202 valence electrons. The zero-order valence-corrected chi connectivity index (χ0v) is 21.2. The van der Waals surface area contributed by atoms with Gasteiger partial charge in [-0.2, -0.15) is 0 Å². The van der Waals surface area contributed by atoms with E-state index in [4.69, 9.17) is 0 Å². The van der Waals surface area contributed by atoms with E-state index in [9.17, 15) is 40.0 Å². The Labute approximate surface area is 215 Å². The molecule has 2 amide bonds. The molecule has 0 radical (unpaired) electrons. The van der Waals surface area contributed by atoms with E-state index in [2.05, 4.69) is 10.3 Å². The van der Waals surface area contributed by atoms with Crippen molar-refractivity contribution in [1.82, 2.24) is 4.98 Å². The smallest absolute Gasteiger partial charge is 0.234 e. The van der Waals surface area contributed by atoms with E-state index >= 15 is 0 Å². The number of benzene rings is 2. The van der Waals surface area contributed by atoms with E-state index in [0.717, 1.165) is 32.2 Å². The van der Waals surface area contributed by atoms with Crippen LogP contribution in [-0.4, -0.2) is 31.0 Å². The van der Waals surface area contributed by atoms with E-state index in [1.807, 2.05) is 5.32 Å². The Morgan fingerprint density at radius 3 is 1.97 bits per heavy atom. The fourth-order valence-electron chi connectivity index (χ4n) is 3.52. The zero-order valence-electron chi connectivity index (χ0n) is 20.3. The van der Waals surface area contributed by atoms with Gasteiger partial charge in [0.25, 0.3) is 0 Å². The highest BCUT2D eigenvalue weighted by molar-refractivity contribution is 7.91. The van der Waals surface area contributed by atoms with Crippen LogP contribution in [0, 0.1) is 29.1 Å². The first-order chi connectivity index (χ1) is 17.6. The van der Waals surface area contributed by atoms with Crippen molar-refractivity contribution in [2.75, 3.05) is 16.4 Å². The molecule has 7 nitrogen and oxygen atoms in total. The third-order valence-corrected chi connectivity index (χ3v) is 7.36. The summed E-state index contributed by atoms with van der Waals surface area (Å²) in [6.45, 7) is 3.68. The number of anilines is 2. The summed E-state index contributed by atoms with van der Waals surface area (Å²) >= 11 is 0. The van der Waals surface area contributed by atoms with Gasteiger partial charge in [-0.15, -0.1) is 0 Å². The summed E-state index contributed by atoms with van der Waals surface area (Å²) in [7, 11) is -3.47. The van der Waals surface area contributed by atoms with Gasteiger partial charge in [0.05, 0.1) is 22.5 Å². The van der Waals surface area contributed by atoms with Crippen LogP contribution in [0.4, 0.5) is 33.3 Å². The molecular formula is C25H22F5N3O4S. The summed E-state index contributed by atoms with van der Waals surface area (Å²) in [6, 6.07) is 4.81. The maximum absolute atomic E-state index is 14.9. The molecule has 3 rings (SSSR count). The number of rotatable bonds is 8. The first-order valence-electron chi connectivity index (χ1n) is 11.1. The van der Waals surface area contributed by atoms with Crippen molar-refractivity contribution < 1.29 is 40.0 Å². The molecule has 13 heteroatoms. The topological polar surface area (TPSA) is 105 Å². The average molecular weight is 556 g/mol. The lowest BCUT2D eigenvalue weighted by Crippen LogP contribution is -2.37. The first kappa shape index (κ1) is 28.7. The third kappa shape index (κ3) is 6.15. The van der Waals surface area contributed by atoms with Crippen LogP contribution in [0.3, 0.4) is 0 Å². The molecule has 2 N–H and O–H groups in total. The highest BCUT2D eigenvalue weighted by Crippen LogP contribution is 2.33. The molecule has 0 saturated carbocycles. The predicted octanol–water partition coefficient (Wildman–Crippen LogP) is 4.67. The van der Waals surface area contributed by atoms with E-state index in [-0.39, 0.29) is 28.5 Å². The maximum atomic E-state index is 14.9. The van der Waals surface area contributed by atoms with Gasteiger partial charge in [-0.1, -0.05) is 6.92 Å². The Morgan fingerprint density at radius 2 is 1.47 bits per heavy atom. The highest BCUT2D eigenvalue weighted by atomic mass is 32.2. The summed E-state index contributed by atoms with van der Waals surface area (Å²) in [6.07, 6.45) is 0.770. The normalized spacial score (nSPS) is 11.8. The third-order valence-electron chi connectivity index (χ3n) is 5.64. The minimum Gasteiger partial charge on any atom is -0.326 e. The first-order valence-corrected chi connectivity index (χ1v) is 12.7. The van der Waals surface area contributed by atoms with E-state index in [1.165, 1.54) is 19.1 Å². The number of carbonyl (C=O) groups is 2. The van der Waals surface area contributed by atoms with Gasteiger partial charge < -0.3 is 10.6 Å². The lowest BCUT2D eigenvalue weighted by Gasteiger charge is -2.26. The second kappa shape index (κ2) is 10.9. The van der Waals surface area contributed by atoms with Gasteiger partial charge in [0, 0.05) is 35.3 Å². The zero-order chi connectivity index (χ0) is 28.4. The van der Waals surface area contributed by atoms with E-state index < -0.39 is 67.4 Å². The summed E-state index contributed by atoms with van der Waals surface area (Å²) in [5, 5.41) is 4.17. The van der Waals surface area contributed by atoms with Crippen LogP contribution in [0.5, 0.6) is 0 Å². The van der Waals surface area contributed by atoms with Crippen molar-refractivity contribution >= 4 is 33.0 Å². The molecule has 0 fully saturated rings. The van der Waals surface area contributed by atoms with Gasteiger partial charge in [-0.3, -0.25) is 14.6 Å². The number of nitrogens with zero attached hydrogens (tertiary/aromatic N) is 1. The fraction of sp³-hybridized carbons (Fsp3) is 0.240. The van der Waals surface area contributed by atoms with Crippen LogP contribution in [0.25, 0.3) is 0 Å². The van der Waals surface area contributed by atoms with Gasteiger partial charge in [-0.05, 0) is 38.1 Å². The average Bonchev–Trinajstić information content (AvgIpc) is 2.80. The number of hydrogen-bond acceptors (Lipinski definition) is 5. The molecule has 1 aromatic heterocycles. The lowest BCUT2D eigenvalue weighted by atomic mass is 9.82. The second-order valence-electron chi connectivity index (χ2n) is 8.75. The number of aromatic nitrogens is 1. The SMILES string of the molecule is CCS(=O)(=O)c1ccc(CC(=O)Nc2cc(F)c(C(C)(C)C(=O)Nc3c(F)cc(F)cc3F)c(F)c2)nc1. The van der Waals surface area contributed by atoms with Crippen LogP contribution in [0.1, 0.15) is 32.0 Å². The van der Waals surface area contributed by atoms with Crippen molar-refractivity contribution in [2.45, 2.75) is 37.5 Å². The van der Waals surface area contributed by atoms with E-state index in [1.54, 1.807) is 0 Å². The summed E-state index contributed by atoms with van der Waals surface area (Å²) in [5.74, 6) is -8.53. The number of pyridine rings is 1. The molecule has 0 atom stereocenters. The predicted molar refractivity (Wildman–Crippen MR) is 129 cm³/mol. The van der Waals surface area contributed by atoms with E-state index in [0.29, 0.717) is 12.1 Å². The van der Waals surface area contributed by atoms with Gasteiger partial charge in [0.1, 0.15) is 23.1 Å². The molecule has 0 unspecified atom stereocenters. The maximum Gasteiger partial charge on any atom is 0.234 e. The Morgan fingerprint density at radius 1 is 0.895 bits per heavy atom. The molecule has 0 aliphatic rings. The molecule has 0 saturated heterocycles. The highest BCUT2D eigenvalue weighted by Gasteiger charge is 2.36. The van der Waals surface area contributed by atoms with Gasteiger partial charge in [0.2, 0.25) is 11.8 Å². The fourth-order valence-corrected chi connectivity index (χ4v) is 4.35. The summed E-state index contributed by atoms with van der Waals surface area (Å²) in [4.78, 5) is 29.0. The molecule has 2 aromatic carbocycles. The van der Waals surface area contributed by atoms with Crippen LogP contribution >= 0.6 is 0 Å². The summed E-state index contributed by atoms with van der Waals surface area (Å²) in [5.41, 5.74) is -3.80. The Balaban J connectivity index is 1.77. The lowest BCUT2D eigenvalue weighted by molar-refractivity contribution is -0.120. The molecule has 3 aromatic rings. The van der Waals surface area contributed by atoms with Gasteiger partial charge >= 0.3 is 0 Å². The molecule has 38 heavy (non-hydrogen) atoms. The van der Waals surface area contributed by atoms with Crippen molar-refractivity contribution in [2.24, 2.45) is 0 Å². The molecule has 0 spiro atoms. The number of amides is 2. The Hall–Kier alpha value is -3.87. The van der Waals surface area contributed by atoms with Crippen molar-refractivity contribution in [3.63, 3.8) is 0 Å². The number of halogens is 5. The second-order valence-corrected chi connectivity index (χ2v) is 11.0. The molecule has 0 aliphatic carbocycles. The molecule has 1 heterocycles. The Bertz CT molecular complexity index is 1460. The van der Waals surface area contributed by atoms with Gasteiger partial charge in [0.15, 0.2) is 21.5 Å². The monoisotopic (exact) mass is 555 g/mol. The van der Waals surface area contributed by atoms with Crippen LogP contribution in [-0.2, 0) is 31.3 Å². The standard InChI is InChI=1S/C25H22F5N3O4S/c1-4-38(36,37)16-6-5-14(31-12-16)11-21(34)32-15-9-17(27)22(18(28)10-15)25(2,3)24(35)33-23-19(29)7-13(26)8-20(23)30/h5-10,12H,4,11H2,1-3H3,(H,32,34)(H,33,35). The quantitative estimate of drug-likeness (QED) is 0.393.